The Bertz CT molecular complexity index is 437. The lowest BCUT2D eigenvalue weighted by Crippen LogP contribution is -2.23. The first-order chi connectivity index (χ1) is 6.34. The smallest absolute Gasteiger partial charge is 0.286 e. The van der Waals surface area contributed by atoms with Gasteiger partial charge in [-0.3, -0.25) is 0 Å². The van der Waals surface area contributed by atoms with Crippen LogP contribution in [0.1, 0.15) is 6.42 Å². The lowest BCUT2D eigenvalue weighted by molar-refractivity contribution is -0.830. The number of fused-ring (bicyclic) bond motifs is 3. The molecule has 0 N–H and O–H groups in total. The fraction of sp³-hybridized carbons (Fsp3) is 0.111. The highest BCUT2D eigenvalue weighted by Gasteiger charge is 2.30. The molecule has 1 fully saturated rings. The van der Waals surface area contributed by atoms with Gasteiger partial charge in [-0.15, -0.1) is 4.11 Å². The van der Waals surface area contributed by atoms with Gasteiger partial charge in [0, 0.05) is 10.4 Å². The molecule has 1 aromatic carbocycles. The van der Waals surface area contributed by atoms with Gasteiger partial charge >= 0.3 is 0 Å². The van der Waals surface area contributed by atoms with Gasteiger partial charge in [-0.2, -0.15) is 0 Å². The van der Waals surface area contributed by atoms with Gasteiger partial charge in [0.25, 0.3) is 12.0 Å². The predicted octanol–water partition coefficient (Wildman–Crippen LogP) is -0.272. The van der Waals surface area contributed by atoms with E-state index in [9.17, 15) is 5.26 Å². The second kappa shape index (κ2) is 2.51. The minimum absolute atomic E-state index is 0.740. The molecule has 0 spiro atoms. The molecule has 0 radical (unpaired) electrons. The molecule has 1 heterocycles. The average Bonchev–Trinajstić information content (AvgIpc) is 2.41. The molecule has 0 saturated carbocycles. The fourth-order valence-electron chi connectivity index (χ4n) is 1.64. The molecule has 0 amide bonds. The summed E-state index contributed by atoms with van der Waals surface area (Å²) in [5.74, 6) is 0.740. The quantitative estimate of drug-likeness (QED) is 0.324. The Morgan fingerprint density at radius 3 is 2.92 bits per heavy atom. The predicted molar refractivity (Wildman–Crippen MR) is 46.9 cm³/mol. The molecule has 2 bridgehead atoms. The summed E-state index contributed by atoms with van der Waals surface area (Å²) in [5.41, 5.74) is 0. The zero-order valence-corrected chi connectivity index (χ0v) is 7.47. The maximum atomic E-state index is 10.9. The molecule has 0 aromatic heterocycles. The first-order valence-electron chi connectivity index (χ1n) is 3.94. The van der Waals surface area contributed by atoms with E-state index in [-0.39, 0.29) is 0 Å². The van der Waals surface area contributed by atoms with Gasteiger partial charge in [-0.05, 0) is 0 Å². The zero-order valence-electron chi connectivity index (χ0n) is 6.65. The van der Waals surface area contributed by atoms with E-state index >= 15 is 0 Å². The van der Waals surface area contributed by atoms with Crippen LogP contribution in [0.4, 0.5) is 0 Å². The normalized spacial score (nSPS) is 20.1. The summed E-state index contributed by atoms with van der Waals surface area (Å²) in [4.78, 5) is 6.01. The summed E-state index contributed by atoms with van der Waals surface area (Å²) in [6, 6.07) is 7.89. The van der Waals surface area contributed by atoms with Crippen molar-refractivity contribution in [3.05, 3.63) is 34.7 Å². The highest BCUT2D eigenvalue weighted by Crippen LogP contribution is 2.37. The van der Waals surface area contributed by atoms with Crippen molar-refractivity contribution in [3.8, 4) is 0 Å². The summed E-state index contributed by atoms with van der Waals surface area (Å²) < 4.78 is 1.33. The van der Waals surface area contributed by atoms with Crippen LogP contribution in [0, 0.1) is 0 Å². The van der Waals surface area contributed by atoms with Crippen LogP contribution >= 0.6 is 12.0 Å². The van der Waals surface area contributed by atoms with Crippen LogP contribution in [0.5, 0.6) is 0 Å². The van der Waals surface area contributed by atoms with E-state index in [1.54, 1.807) is 0 Å². The Labute approximate surface area is 78.7 Å². The van der Waals surface area contributed by atoms with Crippen LogP contribution in [-0.2, 0) is 9.00 Å². The molecule has 1 saturated heterocycles. The molecule has 0 unspecified atom stereocenters. The van der Waals surface area contributed by atoms with Crippen LogP contribution in [0.2, 0.25) is 0 Å². The third-order valence-electron chi connectivity index (χ3n) is 2.19. The minimum Gasteiger partial charge on any atom is -0.456 e. The SMILES string of the molecule is [O-][O+]1OC2=c3ccccc3=C(C2)S1. The second-order valence-electron chi connectivity index (χ2n) is 2.94. The van der Waals surface area contributed by atoms with Gasteiger partial charge in [0.15, 0.2) is 0 Å². The Hall–Kier alpha value is -0.970. The van der Waals surface area contributed by atoms with Gasteiger partial charge in [0.2, 0.25) is 5.76 Å². The Morgan fingerprint density at radius 2 is 2.08 bits per heavy atom. The van der Waals surface area contributed by atoms with Gasteiger partial charge < -0.3 is 5.26 Å². The van der Waals surface area contributed by atoms with Crippen molar-refractivity contribution in [1.29, 1.82) is 0 Å². The molecule has 4 heteroatoms. The highest BCUT2D eigenvalue weighted by atomic mass is 32.2. The second-order valence-corrected chi connectivity index (χ2v) is 3.87. The summed E-state index contributed by atoms with van der Waals surface area (Å²) in [7, 11) is 0. The molecular formula is C9H6O3S. The number of hydrogen-bond donors (Lipinski definition) is 0. The fourth-order valence-corrected chi connectivity index (χ4v) is 2.37. The Morgan fingerprint density at radius 1 is 1.31 bits per heavy atom. The molecule has 3 nitrogen and oxygen atoms in total. The van der Waals surface area contributed by atoms with Crippen molar-refractivity contribution in [1.82, 2.24) is 0 Å². The lowest BCUT2D eigenvalue weighted by atomic mass is 10.3. The maximum Gasteiger partial charge on any atom is 0.286 e. The maximum absolute atomic E-state index is 10.9. The molecular weight excluding hydrogens is 188 g/mol. The van der Waals surface area contributed by atoms with Gasteiger partial charge in [-0.1, -0.05) is 24.3 Å². The molecule has 1 aliphatic heterocycles. The van der Waals surface area contributed by atoms with Gasteiger partial charge in [-0.25, -0.2) is 4.89 Å². The van der Waals surface area contributed by atoms with Crippen molar-refractivity contribution in [2.45, 2.75) is 6.42 Å². The van der Waals surface area contributed by atoms with Crippen LogP contribution in [0.3, 0.4) is 0 Å². The van der Waals surface area contributed by atoms with Crippen molar-refractivity contribution in [3.63, 3.8) is 0 Å². The van der Waals surface area contributed by atoms with Crippen molar-refractivity contribution < 1.29 is 14.3 Å². The minimum atomic E-state index is 0.740. The first kappa shape index (κ1) is 7.44. The van der Waals surface area contributed by atoms with Crippen LogP contribution in [0.15, 0.2) is 24.3 Å². The van der Waals surface area contributed by atoms with E-state index in [2.05, 4.69) is 0 Å². The molecule has 0 atom stereocenters. The third-order valence-corrected chi connectivity index (χ3v) is 2.96. The largest absolute Gasteiger partial charge is 0.456 e. The summed E-state index contributed by atoms with van der Waals surface area (Å²) in [6.45, 7) is 0. The van der Waals surface area contributed by atoms with E-state index in [0.29, 0.717) is 0 Å². The summed E-state index contributed by atoms with van der Waals surface area (Å²) in [6.07, 6.45) is 0.746. The Balaban J connectivity index is 2.40. The number of benzene rings is 1. The molecule has 2 aliphatic rings. The monoisotopic (exact) mass is 194 g/mol. The standard InChI is InChI=1S/C9H6O3S/c10-12-11-8-5-9(13-12)7-4-2-1-3-6(7)8/h1-4H,5H2. The summed E-state index contributed by atoms with van der Waals surface area (Å²) >= 11 is 1.04. The average molecular weight is 194 g/mol. The van der Waals surface area contributed by atoms with Gasteiger partial charge in [0.1, 0.15) is 0 Å². The number of hydrogen-bond acceptors (Lipinski definition) is 3. The topological polar surface area (TPSA) is 35.0 Å². The van der Waals surface area contributed by atoms with E-state index in [1.807, 2.05) is 24.3 Å². The van der Waals surface area contributed by atoms with Crippen LogP contribution < -0.4 is 15.7 Å². The molecule has 3 rings (SSSR count). The molecule has 1 aliphatic carbocycles. The lowest BCUT2D eigenvalue weighted by Gasteiger charge is -2.17. The molecule has 13 heavy (non-hydrogen) atoms. The van der Waals surface area contributed by atoms with E-state index in [4.69, 9.17) is 4.89 Å². The number of rotatable bonds is 0. The van der Waals surface area contributed by atoms with E-state index < -0.39 is 0 Å². The zero-order chi connectivity index (χ0) is 8.84. The van der Waals surface area contributed by atoms with Crippen molar-refractivity contribution >= 4 is 22.7 Å². The van der Waals surface area contributed by atoms with Crippen LogP contribution in [0.25, 0.3) is 10.7 Å². The first-order valence-corrected chi connectivity index (χ1v) is 4.68. The van der Waals surface area contributed by atoms with Crippen molar-refractivity contribution in [2.75, 3.05) is 0 Å². The van der Waals surface area contributed by atoms with E-state index in [0.717, 1.165) is 39.6 Å². The Kier molecular flexibility index (Phi) is 1.44. The van der Waals surface area contributed by atoms with E-state index in [1.165, 1.54) is 4.11 Å². The molecule has 66 valence electrons. The molecule has 1 aromatic rings. The summed E-state index contributed by atoms with van der Waals surface area (Å²) in [5, 5.41) is 13.1. The highest BCUT2D eigenvalue weighted by molar-refractivity contribution is 8.03. The van der Waals surface area contributed by atoms with Crippen molar-refractivity contribution in [2.24, 2.45) is 0 Å². The third kappa shape index (κ3) is 0.997. The van der Waals surface area contributed by atoms with Gasteiger partial charge in [0.05, 0.1) is 11.3 Å². The van der Waals surface area contributed by atoms with Crippen LogP contribution in [-0.4, -0.2) is 0 Å².